The Labute approximate surface area is 194 Å². The molecule has 0 bridgehead atoms. The number of rotatable bonds is 5. The molecule has 0 saturated heterocycles. The Kier molecular flexibility index (Phi) is 6.38. The Balaban J connectivity index is 1.78. The zero-order chi connectivity index (χ0) is 24.5. The monoisotopic (exact) mass is 472 g/mol. The van der Waals surface area contributed by atoms with Crippen LogP contribution in [0.1, 0.15) is 67.3 Å². The third-order valence-corrected chi connectivity index (χ3v) is 6.00. The summed E-state index contributed by atoms with van der Waals surface area (Å²) in [6.07, 6.45) is 1.76. The van der Waals surface area contributed by atoms with E-state index in [2.05, 4.69) is 20.3 Å². The van der Waals surface area contributed by atoms with Crippen LogP contribution in [0.4, 0.5) is 23.2 Å². The molecule has 3 aromatic rings. The van der Waals surface area contributed by atoms with Crippen LogP contribution >= 0.6 is 0 Å². The topological polar surface area (TPSA) is 67.8 Å². The molecule has 0 spiro atoms. The van der Waals surface area contributed by atoms with E-state index in [4.69, 9.17) is 0 Å². The highest BCUT2D eigenvalue weighted by molar-refractivity contribution is 6.06. The summed E-state index contributed by atoms with van der Waals surface area (Å²) >= 11 is 0. The lowest BCUT2D eigenvalue weighted by atomic mass is 9.80. The Morgan fingerprint density at radius 2 is 1.59 bits per heavy atom. The van der Waals surface area contributed by atoms with E-state index in [1.165, 1.54) is 42.9 Å². The summed E-state index contributed by atoms with van der Waals surface area (Å²) in [5.74, 6) is -3.57. The van der Waals surface area contributed by atoms with E-state index in [-0.39, 0.29) is 34.0 Å². The van der Waals surface area contributed by atoms with Crippen LogP contribution in [0, 0.1) is 5.82 Å². The lowest BCUT2D eigenvalue weighted by Gasteiger charge is -2.34. The summed E-state index contributed by atoms with van der Waals surface area (Å²) in [6, 6.07) is 7.30. The van der Waals surface area contributed by atoms with Crippen LogP contribution in [0.3, 0.4) is 0 Å². The van der Waals surface area contributed by atoms with Crippen molar-refractivity contribution < 1.29 is 22.4 Å². The molecule has 5 nitrogen and oxygen atoms in total. The fourth-order valence-corrected chi connectivity index (χ4v) is 4.02. The van der Waals surface area contributed by atoms with Gasteiger partial charge in [0, 0.05) is 48.5 Å². The van der Waals surface area contributed by atoms with Crippen molar-refractivity contribution in [3.8, 4) is 11.1 Å². The minimum absolute atomic E-state index is 0.0572. The second-order valence-electron chi connectivity index (χ2n) is 8.82. The molecule has 2 aromatic heterocycles. The van der Waals surface area contributed by atoms with Crippen LogP contribution in [-0.2, 0) is 5.67 Å². The molecule has 34 heavy (non-hydrogen) atoms. The molecule has 2 heterocycles. The van der Waals surface area contributed by atoms with Crippen LogP contribution in [-0.4, -0.2) is 26.8 Å². The van der Waals surface area contributed by atoms with Crippen LogP contribution in [0.2, 0.25) is 0 Å². The van der Waals surface area contributed by atoms with Gasteiger partial charge in [0.25, 0.3) is 5.91 Å². The van der Waals surface area contributed by atoms with Crippen molar-refractivity contribution >= 4 is 11.6 Å². The number of anilines is 1. The Morgan fingerprint density at radius 1 is 0.941 bits per heavy atom. The van der Waals surface area contributed by atoms with E-state index in [1.807, 2.05) is 13.8 Å². The predicted octanol–water partition coefficient (Wildman–Crippen LogP) is 6.43. The Bertz CT molecular complexity index is 1190. The molecule has 0 radical (unpaired) electrons. The number of hydrogen-bond donors (Lipinski definition) is 1. The van der Waals surface area contributed by atoms with Gasteiger partial charge in [-0.2, -0.15) is 0 Å². The first-order valence-electron chi connectivity index (χ1n) is 11.0. The highest BCUT2D eigenvalue weighted by atomic mass is 19.3. The van der Waals surface area contributed by atoms with Crippen LogP contribution in [0.25, 0.3) is 11.1 Å². The number of carbonyl (C=O) groups is 1. The molecule has 0 atom stereocenters. The van der Waals surface area contributed by atoms with Gasteiger partial charge >= 0.3 is 0 Å². The van der Waals surface area contributed by atoms with E-state index in [1.54, 1.807) is 6.07 Å². The quantitative estimate of drug-likeness (QED) is 0.435. The maximum absolute atomic E-state index is 16.0. The van der Waals surface area contributed by atoms with Gasteiger partial charge in [-0.15, -0.1) is 0 Å². The molecular formula is C25H24F4N4O. The standard InChI is InChI=1S/C25H24F4N4O/c1-15(2)22-31-13-16(14-32-22)23(34)33-20-18(17-5-3-4-6-19(17)26)7-12-30-21(20)24(27)8-10-25(28,29)11-9-24/h3-7,12-15H,8-11H2,1-2H3,(H,33,34). The van der Waals surface area contributed by atoms with Crippen molar-refractivity contribution in [3.63, 3.8) is 0 Å². The molecule has 1 saturated carbocycles. The fraction of sp³-hybridized carbons (Fsp3) is 0.360. The lowest BCUT2D eigenvalue weighted by Crippen LogP contribution is -2.35. The Morgan fingerprint density at radius 3 is 2.21 bits per heavy atom. The van der Waals surface area contributed by atoms with Crippen molar-refractivity contribution in [3.05, 3.63) is 71.8 Å². The molecular weight excluding hydrogens is 448 g/mol. The van der Waals surface area contributed by atoms with Crippen molar-refractivity contribution in [2.24, 2.45) is 0 Å². The highest BCUT2D eigenvalue weighted by Crippen LogP contribution is 2.49. The van der Waals surface area contributed by atoms with Crippen LogP contribution in [0.15, 0.2) is 48.9 Å². The largest absolute Gasteiger partial charge is 0.320 e. The van der Waals surface area contributed by atoms with Gasteiger partial charge in [-0.1, -0.05) is 32.0 Å². The minimum Gasteiger partial charge on any atom is -0.320 e. The molecule has 0 unspecified atom stereocenters. The van der Waals surface area contributed by atoms with Gasteiger partial charge in [0.05, 0.1) is 11.3 Å². The van der Waals surface area contributed by atoms with E-state index in [0.717, 1.165) is 0 Å². The van der Waals surface area contributed by atoms with E-state index >= 15 is 4.39 Å². The zero-order valence-corrected chi connectivity index (χ0v) is 18.8. The van der Waals surface area contributed by atoms with Crippen molar-refractivity contribution in [2.75, 3.05) is 5.32 Å². The number of hydrogen-bond acceptors (Lipinski definition) is 4. The Hall–Kier alpha value is -3.36. The van der Waals surface area contributed by atoms with Gasteiger partial charge in [0.15, 0.2) is 5.67 Å². The number of alkyl halides is 3. The van der Waals surface area contributed by atoms with E-state index in [0.29, 0.717) is 5.82 Å². The number of aromatic nitrogens is 3. The zero-order valence-electron chi connectivity index (χ0n) is 18.8. The van der Waals surface area contributed by atoms with Gasteiger partial charge in [-0.3, -0.25) is 9.78 Å². The van der Waals surface area contributed by atoms with Gasteiger partial charge in [0.2, 0.25) is 5.92 Å². The number of halogens is 4. The second-order valence-corrected chi connectivity index (χ2v) is 8.82. The van der Waals surface area contributed by atoms with Crippen molar-refractivity contribution in [1.82, 2.24) is 15.0 Å². The number of pyridine rings is 1. The summed E-state index contributed by atoms with van der Waals surface area (Å²) in [4.78, 5) is 25.5. The highest BCUT2D eigenvalue weighted by Gasteiger charge is 2.47. The molecule has 1 N–H and O–H groups in total. The summed E-state index contributed by atoms with van der Waals surface area (Å²) in [6.45, 7) is 3.82. The predicted molar refractivity (Wildman–Crippen MR) is 120 cm³/mol. The van der Waals surface area contributed by atoms with Crippen molar-refractivity contribution in [2.45, 2.75) is 57.0 Å². The molecule has 178 valence electrons. The maximum atomic E-state index is 16.0. The summed E-state index contributed by atoms with van der Waals surface area (Å²) < 4.78 is 58.2. The molecule has 1 aliphatic rings. The third-order valence-electron chi connectivity index (χ3n) is 6.00. The molecule has 1 aliphatic carbocycles. The molecule has 1 fully saturated rings. The average molecular weight is 472 g/mol. The smallest absolute Gasteiger partial charge is 0.258 e. The normalized spacial score (nSPS) is 16.9. The van der Waals surface area contributed by atoms with Gasteiger partial charge in [-0.05, 0) is 25.0 Å². The number of benzene rings is 1. The molecule has 1 aromatic carbocycles. The number of carbonyl (C=O) groups excluding carboxylic acids is 1. The third kappa shape index (κ3) is 4.78. The number of nitrogens with one attached hydrogen (secondary N) is 1. The van der Waals surface area contributed by atoms with Gasteiger partial charge < -0.3 is 5.32 Å². The minimum atomic E-state index is -2.96. The van der Waals surface area contributed by atoms with Crippen molar-refractivity contribution in [1.29, 1.82) is 0 Å². The lowest BCUT2D eigenvalue weighted by molar-refractivity contribution is -0.0783. The molecule has 0 aliphatic heterocycles. The van der Waals surface area contributed by atoms with E-state index < -0.39 is 49.0 Å². The first kappa shape index (κ1) is 23.8. The number of nitrogens with zero attached hydrogens (tertiary/aromatic N) is 3. The molecule has 9 heteroatoms. The second kappa shape index (κ2) is 9.12. The maximum Gasteiger partial charge on any atom is 0.258 e. The van der Waals surface area contributed by atoms with E-state index in [9.17, 15) is 18.0 Å². The SMILES string of the molecule is CC(C)c1ncc(C(=O)Nc2c(-c3ccccc3F)ccnc2C2(F)CCC(F)(F)CC2)cn1. The summed E-state index contributed by atoms with van der Waals surface area (Å²) in [5.41, 5.74) is -2.02. The first-order valence-corrected chi connectivity index (χ1v) is 11.0. The van der Waals surface area contributed by atoms with Crippen LogP contribution in [0.5, 0.6) is 0 Å². The molecule has 1 amide bonds. The summed E-state index contributed by atoms with van der Waals surface area (Å²) in [7, 11) is 0. The summed E-state index contributed by atoms with van der Waals surface area (Å²) in [5, 5.41) is 2.64. The first-order chi connectivity index (χ1) is 16.1. The van der Waals surface area contributed by atoms with Crippen LogP contribution < -0.4 is 5.32 Å². The van der Waals surface area contributed by atoms with Gasteiger partial charge in [-0.25, -0.2) is 27.5 Å². The van der Waals surface area contributed by atoms with Gasteiger partial charge in [0.1, 0.15) is 17.3 Å². The fourth-order valence-electron chi connectivity index (χ4n) is 4.02. The number of amides is 1. The molecule has 4 rings (SSSR count). The average Bonchev–Trinajstić information content (AvgIpc) is 2.82.